The predicted octanol–water partition coefficient (Wildman–Crippen LogP) is 3.41. The van der Waals surface area contributed by atoms with Gasteiger partial charge in [-0.25, -0.2) is 4.79 Å². The van der Waals surface area contributed by atoms with Crippen molar-refractivity contribution in [2.75, 3.05) is 23.9 Å². The van der Waals surface area contributed by atoms with Crippen molar-refractivity contribution in [3.05, 3.63) is 48.3 Å². The Labute approximate surface area is 164 Å². The number of carbonyl (C=O) groups excluding carboxylic acids is 2. The first-order valence-corrected chi connectivity index (χ1v) is 9.61. The molecule has 0 unspecified atom stereocenters. The Morgan fingerprint density at radius 1 is 1.32 bits per heavy atom. The van der Waals surface area contributed by atoms with Gasteiger partial charge in [-0.1, -0.05) is 6.07 Å². The number of ether oxygens (including phenoxy) is 1. The van der Waals surface area contributed by atoms with Crippen molar-refractivity contribution >= 4 is 23.3 Å². The van der Waals surface area contributed by atoms with Gasteiger partial charge in [0.15, 0.2) is 0 Å². The third-order valence-corrected chi connectivity index (χ3v) is 5.10. The highest BCUT2D eigenvalue weighted by Gasteiger charge is 2.33. The van der Waals surface area contributed by atoms with Crippen LogP contribution < -0.4 is 15.0 Å². The molecule has 1 N–H and O–H groups in total. The van der Waals surface area contributed by atoms with Crippen molar-refractivity contribution in [3.63, 3.8) is 0 Å². The van der Waals surface area contributed by atoms with Gasteiger partial charge in [-0.05, 0) is 49.6 Å². The lowest BCUT2D eigenvalue weighted by Crippen LogP contribution is -2.36. The number of hydrogen-bond acceptors (Lipinski definition) is 4. The maximum atomic E-state index is 12.9. The van der Waals surface area contributed by atoms with E-state index in [9.17, 15) is 9.59 Å². The number of nitrogens with zero attached hydrogens (tertiary/aromatic N) is 3. The highest BCUT2D eigenvalue weighted by Crippen LogP contribution is 2.34. The van der Waals surface area contributed by atoms with Crippen LogP contribution in [0.2, 0.25) is 0 Å². The molecular weight excluding hydrogens is 356 g/mol. The first kappa shape index (κ1) is 18.3. The largest absolute Gasteiger partial charge is 0.495 e. The number of methoxy groups -OCH3 is 1. The summed E-state index contributed by atoms with van der Waals surface area (Å²) in [5.74, 6) is 0.706. The first-order valence-electron chi connectivity index (χ1n) is 9.61. The number of nitrogens with one attached hydrogen (secondary N) is 1. The molecule has 1 aliphatic carbocycles. The summed E-state index contributed by atoms with van der Waals surface area (Å²) in [6.07, 6.45) is 5.13. The fourth-order valence-electron chi connectivity index (χ4n) is 3.50. The highest BCUT2D eigenvalue weighted by molar-refractivity contribution is 5.98. The van der Waals surface area contributed by atoms with Gasteiger partial charge in [0.1, 0.15) is 5.75 Å². The van der Waals surface area contributed by atoms with Crippen LogP contribution in [0.15, 0.2) is 42.6 Å². The minimum absolute atomic E-state index is 0.0801. The second-order valence-electron chi connectivity index (χ2n) is 7.15. The lowest BCUT2D eigenvalue weighted by Gasteiger charge is -2.24. The van der Waals surface area contributed by atoms with Gasteiger partial charge in [0.2, 0.25) is 5.91 Å². The lowest BCUT2D eigenvalue weighted by atomic mass is 10.2. The topological polar surface area (TPSA) is 74.8 Å². The Hall–Kier alpha value is -3.09. The molecule has 1 saturated heterocycles. The van der Waals surface area contributed by atoms with Gasteiger partial charge in [0.25, 0.3) is 0 Å². The van der Waals surface area contributed by atoms with Crippen LogP contribution in [0.4, 0.5) is 16.2 Å². The maximum absolute atomic E-state index is 12.9. The Kier molecular flexibility index (Phi) is 5.14. The Bertz CT molecular complexity index is 867. The van der Waals surface area contributed by atoms with E-state index in [0.29, 0.717) is 36.6 Å². The maximum Gasteiger partial charge on any atom is 0.322 e. The number of pyridine rings is 1. The summed E-state index contributed by atoms with van der Waals surface area (Å²) in [6.45, 7) is 1.14. The van der Waals surface area contributed by atoms with E-state index in [2.05, 4.69) is 10.3 Å². The first-order chi connectivity index (χ1) is 13.7. The van der Waals surface area contributed by atoms with Crippen LogP contribution in [0.3, 0.4) is 0 Å². The monoisotopic (exact) mass is 380 g/mol. The quantitative estimate of drug-likeness (QED) is 0.833. The zero-order valence-electron chi connectivity index (χ0n) is 15.9. The number of rotatable bonds is 6. The summed E-state index contributed by atoms with van der Waals surface area (Å²) < 4.78 is 5.42. The zero-order chi connectivity index (χ0) is 19.5. The number of amides is 3. The van der Waals surface area contributed by atoms with Crippen LogP contribution in [0.25, 0.3) is 0 Å². The van der Waals surface area contributed by atoms with E-state index >= 15 is 0 Å². The molecule has 1 aromatic carbocycles. The molecule has 146 valence electrons. The Morgan fingerprint density at radius 3 is 2.82 bits per heavy atom. The molecular formula is C21H24N4O3. The van der Waals surface area contributed by atoms with Crippen LogP contribution in [0.5, 0.6) is 5.75 Å². The molecule has 2 heterocycles. The average Bonchev–Trinajstić information content (AvgIpc) is 3.47. The normalized spacial score (nSPS) is 16.2. The van der Waals surface area contributed by atoms with Crippen molar-refractivity contribution in [2.24, 2.45) is 0 Å². The van der Waals surface area contributed by atoms with Crippen LogP contribution in [-0.4, -0.2) is 41.5 Å². The third-order valence-electron chi connectivity index (χ3n) is 5.10. The van der Waals surface area contributed by atoms with Crippen molar-refractivity contribution in [1.29, 1.82) is 0 Å². The molecule has 1 aromatic heterocycles. The summed E-state index contributed by atoms with van der Waals surface area (Å²) in [5.41, 5.74) is 2.21. The number of urea groups is 1. The molecule has 1 saturated carbocycles. The fourth-order valence-corrected chi connectivity index (χ4v) is 3.50. The van der Waals surface area contributed by atoms with E-state index in [4.69, 9.17) is 4.74 Å². The van der Waals surface area contributed by atoms with Crippen molar-refractivity contribution < 1.29 is 14.3 Å². The van der Waals surface area contributed by atoms with E-state index in [-0.39, 0.29) is 18.0 Å². The van der Waals surface area contributed by atoms with E-state index in [1.165, 1.54) is 0 Å². The van der Waals surface area contributed by atoms with E-state index < -0.39 is 0 Å². The van der Waals surface area contributed by atoms with Crippen LogP contribution in [0, 0.1) is 0 Å². The zero-order valence-corrected chi connectivity index (χ0v) is 15.9. The fraction of sp³-hybridized carbons (Fsp3) is 0.381. The van der Waals surface area contributed by atoms with Gasteiger partial charge in [-0.2, -0.15) is 0 Å². The molecule has 7 nitrogen and oxygen atoms in total. The van der Waals surface area contributed by atoms with Crippen LogP contribution in [-0.2, 0) is 11.3 Å². The number of benzene rings is 1. The molecule has 0 spiro atoms. The molecule has 3 amide bonds. The summed E-state index contributed by atoms with van der Waals surface area (Å²) in [7, 11) is 1.58. The molecule has 0 atom stereocenters. The Morgan fingerprint density at radius 2 is 2.18 bits per heavy atom. The second-order valence-corrected chi connectivity index (χ2v) is 7.15. The number of carbonyl (C=O) groups is 2. The van der Waals surface area contributed by atoms with Crippen LogP contribution >= 0.6 is 0 Å². The third kappa shape index (κ3) is 3.93. The van der Waals surface area contributed by atoms with Crippen molar-refractivity contribution in [2.45, 2.75) is 38.3 Å². The molecule has 2 aliphatic rings. The smallest absolute Gasteiger partial charge is 0.322 e. The van der Waals surface area contributed by atoms with Crippen LogP contribution in [0.1, 0.15) is 31.4 Å². The molecule has 7 heteroatoms. The predicted molar refractivity (Wildman–Crippen MR) is 106 cm³/mol. The van der Waals surface area contributed by atoms with E-state index in [1.807, 2.05) is 29.2 Å². The number of aromatic nitrogens is 1. The summed E-state index contributed by atoms with van der Waals surface area (Å²) in [6, 6.07) is 11.2. The summed E-state index contributed by atoms with van der Waals surface area (Å²) in [5, 5.41) is 2.98. The molecule has 4 rings (SSSR count). The molecule has 1 aliphatic heterocycles. The molecule has 0 radical (unpaired) electrons. The minimum Gasteiger partial charge on any atom is -0.495 e. The van der Waals surface area contributed by atoms with E-state index in [1.54, 1.807) is 30.3 Å². The Balaban J connectivity index is 1.52. The number of anilines is 2. The van der Waals surface area contributed by atoms with Crippen molar-refractivity contribution in [3.8, 4) is 5.75 Å². The number of hydrogen-bond donors (Lipinski definition) is 1. The summed E-state index contributed by atoms with van der Waals surface area (Å²) >= 11 is 0. The molecule has 2 aromatic rings. The van der Waals surface area contributed by atoms with Gasteiger partial charge in [0, 0.05) is 30.9 Å². The second kappa shape index (κ2) is 7.88. The van der Waals surface area contributed by atoms with Gasteiger partial charge < -0.3 is 19.9 Å². The van der Waals surface area contributed by atoms with Gasteiger partial charge in [-0.15, -0.1) is 0 Å². The van der Waals surface area contributed by atoms with Gasteiger partial charge >= 0.3 is 6.03 Å². The SMILES string of the molecule is COc1ccc(NC(=O)N(Cc2ccccn2)C2CC2)cc1N1CCCC1=O. The lowest BCUT2D eigenvalue weighted by molar-refractivity contribution is -0.117. The van der Waals surface area contributed by atoms with Crippen molar-refractivity contribution in [1.82, 2.24) is 9.88 Å². The standard InChI is InChI=1S/C21H24N4O3/c1-28-19-10-7-15(13-18(19)24-12-4-6-20(24)26)23-21(27)25(17-8-9-17)14-16-5-2-3-11-22-16/h2-3,5,7,10-11,13,17H,4,6,8-9,12,14H2,1H3,(H,23,27). The summed E-state index contributed by atoms with van der Waals surface area (Å²) in [4.78, 5) is 33.0. The highest BCUT2D eigenvalue weighted by atomic mass is 16.5. The van der Waals surface area contributed by atoms with Gasteiger partial charge in [0.05, 0.1) is 25.0 Å². The molecule has 2 fully saturated rings. The van der Waals surface area contributed by atoms with E-state index in [0.717, 1.165) is 25.0 Å². The molecule has 28 heavy (non-hydrogen) atoms. The average molecular weight is 380 g/mol. The van der Waals surface area contributed by atoms with Gasteiger partial charge in [-0.3, -0.25) is 9.78 Å². The minimum atomic E-state index is -0.156. The molecule has 0 bridgehead atoms.